The molecule has 0 unspecified atom stereocenters. The minimum Gasteiger partial charge on any atom is -0.444 e. The van der Waals surface area contributed by atoms with Gasteiger partial charge in [0.25, 0.3) is 5.91 Å². The van der Waals surface area contributed by atoms with E-state index >= 15 is 0 Å². The van der Waals surface area contributed by atoms with Crippen molar-refractivity contribution < 1.29 is 14.3 Å². The third kappa shape index (κ3) is 5.18. The summed E-state index contributed by atoms with van der Waals surface area (Å²) in [6.45, 7) is 8.36. The molecule has 0 aromatic carbocycles. The fourth-order valence-corrected chi connectivity index (χ4v) is 2.62. The highest BCUT2D eigenvalue weighted by Gasteiger charge is 2.27. The first-order valence-corrected chi connectivity index (χ1v) is 8.35. The zero-order chi connectivity index (χ0) is 18.6. The number of carbonyl (C=O) groups is 2. The highest BCUT2D eigenvalue weighted by molar-refractivity contribution is 5.94. The van der Waals surface area contributed by atoms with E-state index in [4.69, 9.17) is 10.00 Å². The van der Waals surface area contributed by atoms with E-state index in [0.29, 0.717) is 42.8 Å². The molecule has 1 N–H and O–H groups in total. The van der Waals surface area contributed by atoms with E-state index in [0.717, 1.165) is 0 Å². The molecule has 1 saturated heterocycles. The van der Waals surface area contributed by atoms with E-state index in [1.165, 1.54) is 6.20 Å². The molecular formula is C18H24N4O3. The van der Waals surface area contributed by atoms with Crippen LogP contribution in [0.5, 0.6) is 0 Å². The number of aromatic nitrogens is 1. The van der Waals surface area contributed by atoms with Gasteiger partial charge in [-0.25, -0.2) is 9.78 Å². The molecular weight excluding hydrogens is 320 g/mol. The van der Waals surface area contributed by atoms with E-state index in [2.05, 4.69) is 10.3 Å². The Bertz CT molecular complexity index is 695. The van der Waals surface area contributed by atoms with E-state index in [9.17, 15) is 9.59 Å². The van der Waals surface area contributed by atoms with Crippen LogP contribution in [0.4, 0.5) is 4.79 Å². The molecule has 0 saturated carbocycles. The molecule has 0 atom stereocenters. The van der Waals surface area contributed by atoms with Crippen LogP contribution in [0, 0.1) is 18.3 Å². The summed E-state index contributed by atoms with van der Waals surface area (Å²) in [6, 6.07) is 3.65. The van der Waals surface area contributed by atoms with Gasteiger partial charge in [0.1, 0.15) is 17.4 Å². The Morgan fingerprint density at radius 1 is 1.36 bits per heavy atom. The molecule has 0 spiro atoms. The molecule has 7 nitrogen and oxygen atoms in total. The van der Waals surface area contributed by atoms with Crippen molar-refractivity contribution in [2.75, 3.05) is 13.1 Å². The maximum Gasteiger partial charge on any atom is 0.410 e. The van der Waals surface area contributed by atoms with Gasteiger partial charge in [-0.1, -0.05) is 0 Å². The maximum absolute atomic E-state index is 12.3. The molecule has 1 aromatic rings. The summed E-state index contributed by atoms with van der Waals surface area (Å²) >= 11 is 0. The number of nitrogens with one attached hydrogen (secondary N) is 1. The lowest BCUT2D eigenvalue weighted by molar-refractivity contribution is 0.0199. The van der Waals surface area contributed by atoms with Crippen molar-refractivity contribution in [3.05, 3.63) is 29.1 Å². The van der Waals surface area contributed by atoms with Crippen LogP contribution in [-0.4, -0.2) is 46.6 Å². The van der Waals surface area contributed by atoms with Crippen LogP contribution in [0.15, 0.2) is 12.3 Å². The number of pyridine rings is 1. The van der Waals surface area contributed by atoms with Crippen LogP contribution in [0.2, 0.25) is 0 Å². The first kappa shape index (κ1) is 18.7. The van der Waals surface area contributed by atoms with Crippen LogP contribution in [0.25, 0.3) is 0 Å². The van der Waals surface area contributed by atoms with Crippen LogP contribution in [0.3, 0.4) is 0 Å². The second-order valence-corrected chi connectivity index (χ2v) is 7.22. The topological polar surface area (TPSA) is 95.3 Å². The molecule has 0 radical (unpaired) electrons. The molecule has 1 aromatic heterocycles. The smallest absolute Gasteiger partial charge is 0.410 e. The van der Waals surface area contributed by atoms with Gasteiger partial charge in [0.05, 0.1) is 5.56 Å². The predicted molar refractivity (Wildman–Crippen MR) is 92.0 cm³/mol. The number of aryl methyl sites for hydroxylation is 1. The van der Waals surface area contributed by atoms with Crippen molar-refractivity contribution in [1.82, 2.24) is 15.2 Å². The van der Waals surface area contributed by atoms with Crippen molar-refractivity contribution in [2.45, 2.75) is 52.2 Å². The molecule has 1 aliphatic rings. The highest BCUT2D eigenvalue weighted by atomic mass is 16.6. The number of carbonyl (C=O) groups excluding carboxylic acids is 2. The number of hydrogen-bond acceptors (Lipinski definition) is 5. The number of nitriles is 1. The van der Waals surface area contributed by atoms with Crippen LogP contribution >= 0.6 is 0 Å². The number of ether oxygens (including phenoxy) is 1. The van der Waals surface area contributed by atoms with Gasteiger partial charge < -0.3 is 15.0 Å². The molecule has 0 bridgehead atoms. The lowest BCUT2D eigenvalue weighted by atomic mass is 10.0. The van der Waals surface area contributed by atoms with Gasteiger partial charge in [-0.3, -0.25) is 4.79 Å². The first-order valence-electron chi connectivity index (χ1n) is 8.35. The lowest BCUT2D eigenvalue weighted by Crippen LogP contribution is -2.47. The Kier molecular flexibility index (Phi) is 5.62. The molecule has 2 amide bonds. The monoisotopic (exact) mass is 344 g/mol. The zero-order valence-electron chi connectivity index (χ0n) is 15.1. The van der Waals surface area contributed by atoms with Crippen LogP contribution in [0.1, 0.15) is 55.2 Å². The maximum atomic E-state index is 12.3. The molecule has 1 fully saturated rings. The molecule has 2 heterocycles. The highest BCUT2D eigenvalue weighted by Crippen LogP contribution is 2.16. The Morgan fingerprint density at radius 3 is 2.52 bits per heavy atom. The van der Waals surface area contributed by atoms with Gasteiger partial charge in [-0.15, -0.1) is 0 Å². The third-order valence-electron chi connectivity index (χ3n) is 3.93. The average Bonchev–Trinajstić information content (AvgIpc) is 2.53. The number of rotatable bonds is 2. The molecule has 2 rings (SSSR count). The summed E-state index contributed by atoms with van der Waals surface area (Å²) in [5.41, 5.74) is 0.922. The number of likely N-dealkylation sites (tertiary alicyclic amines) is 1. The minimum atomic E-state index is -0.511. The van der Waals surface area contributed by atoms with E-state index < -0.39 is 5.60 Å². The van der Waals surface area contributed by atoms with Gasteiger partial charge >= 0.3 is 6.09 Å². The van der Waals surface area contributed by atoms with Gasteiger partial charge in [0, 0.05) is 25.3 Å². The quantitative estimate of drug-likeness (QED) is 0.889. The van der Waals surface area contributed by atoms with Crippen LogP contribution in [-0.2, 0) is 4.74 Å². The Hall–Kier alpha value is -2.62. The van der Waals surface area contributed by atoms with Crippen molar-refractivity contribution in [2.24, 2.45) is 0 Å². The fraction of sp³-hybridized carbons (Fsp3) is 0.556. The second-order valence-electron chi connectivity index (χ2n) is 7.22. The van der Waals surface area contributed by atoms with Gasteiger partial charge in [0.2, 0.25) is 0 Å². The lowest BCUT2D eigenvalue weighted by Gasteiger charge is -2.33. The summed E-state index contributed by atoms with van der Waals surface area (Å²) < 4.78 is 5.36. The Morgan fingerprint density at radius 2 is 2.00 bits per heavy atom. The summed E-state index contributed by atoms with van der Waals surface area (Å²) in [5, 5.41) is 11.9. The van der Waals surface area contributed by atoms with Gasteiger partial charge in [0.15, 0.2) is 0 Å². The summed E-state index contributed by atoms with van der Waals surface area (Å²) in [5.74, 6) is -0.212. The van der Waals surface area contributed by atoms with Crippen molar-refractivity contribution in [1.29, 1.82) is 5.26 Å². The first-order chi connectivity index (χ1) is 11.7. The van der Waals surface area contributed by atoms with Crippen molar-refractivity contribution >= 4 is 12.0 Å². The standard InChI is InChI=1S/C18H24N4O3/c1-12-9-13(11-20-15(12)10-19)16(23)21-14-5-7-22(8-6-14)17(24)25-18(2,3)4/h9,11,14H,5-8H2,1-4H3,(H,21,23). The number of nitrogens with zero attached hydrogens (tertiary/aromatic N) is 3. The average molecular weight is 344 g/mol. The van der Waals surface area contributed by atoms with Gasteiger partial charge in [-0.2, -0.15) is 5.26 Å². The van der Waals surface area contributed by atoms with Crippen molar-refractivity contribution in [3.63, 3.8) is 0 Å². The van der Waals surface area contributed by atoms with Crippen LogP contribution < -0.4 is 5.32 Å². The zero-order valence-corrected chi connectivity index (χ0v) is 15.1. The third-order valence-corrected chi connectivity index (χ3v) is 3.93. The Balaban J connectivity index is 1.87. The number of hydrogen-bond donors (Lipinski definition) is 1. The predicted octanol–water partition coefficient (Wildman–Crippen LogP) is 2.39. The fourth-order valence-electron chi connectivity index (χ4n) is 2.62. The minimum absolute atomic E-state index is 0.00198. The molecule has 134 valence electrons. The normalized spacial score (nSPS) is 15.4. The summed E-state index contributed by atoms with van der Waals surface area (Å²) in [6.07, 6.45) is 2.45. The summed E-state index contributed by atoms with van der Waals surface area (Å²) in [7, 11) is 0. The largest absolute Gasteiger partial charge is 0.444 e. The van der Waals surface area contributed by atoms with E-state index in [-0.39, 0.29) is 18.0 Å². The van der Waals surface area contributed by atoms with Gasteiger partial charge in [-0.05, 0) is 52.2 Å². The molecule has 0 aliphatic carbocycles. The molecule has 7 heteroatoms. The SMILES string of the molecule is Cc1cc(C(=O)NC2CCN(C(=O)OC(C)(C)C)CC2)cnc1C#N. The van der Waals surface area contributed by atoms with E-state index in [1.807, 2.05) is 26.8 Å². The summed E-state index contributed by atoms with van der Waals surface area (Å²) in [4.78, 5) is 30.0. The molecule has 1 aliphatic heterocycles. The Labute approximate surface area is 148 Å². The molecule has 25 heavy (non-hydrogen) atoms. The van der Waals surface area contributed by atoms with Crippen molar-refractivity contribution in [3.8, 4) is 6.07 Å². The van der Waals surface area contributed by atoms with E-state index in [1.54, 1.807) is 17.9 Å². The number of amides is 2. The second kappa shape index (κ2) is 7.51. The number of piperidine rings is 1.